The Morgan fingerprint density at radius 1 is 1.38 bits per heavy atom. The summed E-state index contributed by atoms with van der Waals surface area (Å²) in [4.78, 5) is 0. The zero-order chi connectivity index (χ0) is 14.7. The largest absolute Gasteiger partial charge is 0.476 e. The standard InChI is InChI=1S/C11H9IN6OS2/c1-2-19-10-8(14-16-11-15-13-6-21-11)9(12)17-18(10)7-4-3-5-20-7/h3-6H,2H2,1H3. The van der Waals surface area contributed by atoms with Crippen molar-refractivity contribution in [3.8, 4) is 10.9 Å². The van der Waals surface area contributed by atoms with Gasteiger partial charge in [0.1, 0.15) is 10.5 Å². The van der Waals surface area contributed by atoms with Gasteiger partial charge >= 0.3 is 0 Å². The van der Waals surface area contributed by atoms with Gasteiger partial charge in [0.2, 0.25) is 5.88 Å². The number of thiophene rings is 1. The smallest absolute Gasteiger partial charge is 0.251 e. The summed E-state index contributed by atoms with van der Waals surface area (Å²) in [5.41, 5.74) is 2.21. The summed E-state index contributed by atoms with van der Waals surface area (Å²) in [6.07, 6.45) is 0. The third kappa shape index (κ3) is 3.11. The van der Waals surface area contributed by atoms with Crippen molar-refractivity contribution < 1.29 is 4.74 Å². The first-order valence-electron chi connectivity index (χ1n) is 5.92. The number of aromatic nitrogens is 4. The fraction of sp³-hybridized carbons (Fsp3) is 0.182. The van der Waals surface area contributed by atoms with Crippen molar-refractivity contribution in [3.05, 3.63) is 26.7 Å². The molecule has 0 unspecified atom stereocenters. The van der Waals surface area contributed by atoms with E-state index in [1.165, 1.54) is 11.3 Å². The molecule has 0 saturated carbocycles. The minimum atomic E-state index is 0.497. The Labute approximate surface area is 141 Å². The first kappa shape index (κ1) is 14.5. The van der Waals surface area contributed by atoms with Gasteiger partial charge in [0, 0.05) is 0 Å². The van der Waals surface area contributed by atoms with Crippen molar-refractivity contribution in [3.63, 3.8) is 0 Å². The van der Waals surface area contributed by atoms with Gasteiger partial charge < -0.3 is 4.74 Å². The minimum Gasteiger partial charge on any atom is -0.476 e. The Morgan fingerprint density at radius 3 is 2.95 bits per heavy atom. The molecule has 3 heterocycles. The Hall–Kier alpha value is -1.40. The molecule has 0 spiro atoms. The molecule has 0 aliphatic heterocycles. The van der Waals surface area contributed by atoms with Crippen LogP contribution in [0.25, 0.3) is 5.00 Å². The molecule has 0 radical (unpaired) electrons. The summed E-state index contributed by atoms with van der Waals surface area (Å²) >= 11 is 5.02. The molecule has 0 amide bonds. The maximum atomic E-state index is 5.70. The fourth-order valence-electron chi connectivity index (χ4n) is 1.56. The highest BCUT2D eigenvalue weighted by atomic mass is 127. The Morgan fingerprint density at radius 2 is 2.29 bits per heavy atom. The lowest BCUT2D eigenvalue weighted by molar-refractivity contribution is 0.318. The average molecular weight is 432 g/mol. The molecular weight excluding hydrogens is 423 g/mol. The van der Waals surface area contributed by atoms with Crippen LogP contribution in [0.4, 0.5) is 10.8 Å². The van der Waals surface area contributed by atoms with Crippen molar-refractivity contribution in [2.24, 2.45) is 10.2 Å². The van der Waals surface area contributed by atoms with E-state index in [1.807, 2.05) is 24.4 Å². The molecule has 0 aliphatic rings. The van der Waals surface area contributed by atoms with E-state index in [0.29, 0.717) is 23.3 Å². The first-order valence-corrected chi connectivity index (χ1v) is 8.76. The normalized spacial score (nSPS) is 11.3. The molecule has 0 fully saturated rings. The molecule has 0 aliphatic carbocycles. The van der Waals surface area contributed by atoms with Gasteiger partial charge in [0.05, 0.1) is 6.61 Å². The molecule has 0 aromatic carbocycles. The average Bonchev–Trinajstić information content (AvgIpc) is 3.19. The van der Waals surface area contributed by atoms with Gasteiger partial charge in [-0.05, 0) is 47.0 Å². The topological polar surface area (TPSA) is 77.6 Å². The van der Waals surface area contributed by atoms with Crippen molar-refractivity contribution in [1.29, 1.82) is 0 Å². The quantitative estimate of drug-likeness (QED) is 0.447. The van der Waals surface area contributed by atoms with Crippen molar-refractivity contribution in [1.82, 2.24) is 20.0 Å². The van der Waals surface area contributed by atoms with Crippen LogP contribution in [0.5, 0.6) is 5.88 Å². The predicted molar refractivity (Wildman–Crippen MR) is 89.4 cm³/mol. The van der Waals surface area contributed by atoms with Crippen molar-refractivity contribution >= 4 is 56.1 Å². The van der Waals surface area contributed by atoms with Crippen molar-refractivity contribution in [2.75, 3.05) is 6.61 Å². The highest BCUT2D eigenvalue weighted by Gasteiger charge is 2.19. The summed E-state index contributed by atoms with van der Waals surface area (Å²) in [5, 5.41) is 23.8. The second-order valence-electron chi connectivity index (χ2n) is 3.66. The van der Waals surface area contributed by atoms with Crippen LogP contribution in [0.15, 0.2) is 33.3 Å². The third-order valence-corrected chi connectivity index (χ3v) is 4.50. The van der Waals surface area contributed by atoms with Crippen LogP contribution in [-0.4, -0.2) is 26.6 Å². The van der Waals surface area contributed by atoms with Crippen LogP contribution in [-0.2, 0) is 0 Å². The van der Waals surface area contributed by atoms with Gasteiger partial charge in [-0.1, -0.05) is 11.3 Å². The molecule has 0 bridgehead atoms. The molecule has 21 heavy (non-hydrogen) atoms. The maximum absolute atomic E-state index is 5.70. The van der Waals surface area contributed by atoms with Crippen molar-refractivity contribution in [2.45, 2.75) is 6.92 Å². The lowest BCUT2D eigenvalue weighted by Gasteiger charge is -2.05. The Kier molecular flexibility index (Phi) is 4.55. The van der Waals surface area contributed by atoms with E-state index in [2.05, 4.69) is 48.1 Å². The molecule has 3 aromatic rings. The molecule has 0 saturated heterocycles. The summed E-state index contributed by atoms with van der Waals surface area (Å²) in [6.45, 7) is 2.44. The fourth-order valence-corrected chi connectivity index (χ4v) is 3.17. The Bertz CT molecular complexity index is 737. The number of nitrogens with zero attached hydrogens (tertiary/aromatic N) is 6. The summed E-state index contributed by atoms with van der Waals surface area (Å²) < 4.78 is 8.16. The number of azo groups is 1. The number of hydrogen-bond acceptors (Lipinski definition) is 8. The van der Waals surface area contributed by atoms with E-state index in [1.54, 1.807) is 21.5 Å². The number of rotatable bonds is 5. The SMILES string of the molecule is CCOc1c(N=Nc2nncs2)c(I)nn1-c1cccs1. The third-order valence-electron chi connectivity index (χ3n) is 2.36. The molecular formula is C11H9IN6OS2. The van der Waals surface area contributed by atoms with E-state index in [-0.39, 0.29) is 0 Å². The van der Waals surface area contributed by atoms with Crippen LogP contribution in [0.2, 0.25) is 0 Å². The summed E-state index contributed by atoms with van der Waals surface area (Å²) in [7, 11) is 0. The molecule has 0 atom stereocenters. The van der Waals surface area contributed by atoms with E-state index in [9.17, 15) is 0 Å². The van der Waals surface area contributed by atoms with Crippen LogP contribution in [0.1, 0.15) is 6.92 Å². The predicted octanol–water partition coefficient (Wildman–Crippen LogP) is 4.20. The molecule has 3 rings (SSSR count). The summed E-state index contributed by atoms with van der Waals surface area (Å²) in [6, 6.07) is 3.94. The van der Waals surface area contributed by atoms with E-state index < -0.39 is 0 Å². The molecule has 10 heteroatoms. The summed E-state index contributed by atoms with van der Waals surface area (Å²) in [5.74, 6) is 0.581. The van der Waals surface area contributed by atoms with E-state index >= 15 is 0 Å². The molecule has 108 valence electrons. The van der Waals surface area contributed by atoms with Gasteiger partial charge in [-0.3, -0.25) is 0 Å². The van der Waals surface area contributed by atoms with Crippen LogP contribution >= 0.6 is 45.3 Å². The molecule has 3 aromatic heterocycles. The second kappa shape index (κ2) is 6.58. The van der Waals surface area contributed by atoms with Gasteiger partial charge in [0.25, 0.3) is 5.13 Å². The van der Waals surface area contributed by atoms with Crippen LogP contribution < -0.4 is 4.74 Å². The zero-order valence-electron chi connectivity index (χ0n) is 10.8. The number of hydrogen-bond donors (Lipinski definition) is 0. The lowest BCUT2D eigenvalue weighted by atomic mass is 10.5. The first-order chi connectivity index (χ1) is 10.3. The Balaban J connectivity index is 2.03. The van der Waals surface area contributed by atoms with E-state index in [4.69, 9.17) is 4.74 Å². The van der Waals surface area contributed by atoms with Gasteiger partial charge in [-0.25, -0.2) is 0 Å². The van der Waals surface area contributed by atoms with Gasteiger partial charge in [0.15, 0.2) is 9.39 Å². The molecule has 7 nitrogen and oxygen atoms in total. The van der Waals surface area contributed by atoms with Gasteiger partial charge in [-0.2, -0.15) is 9.78 Å². The van der Waals surface area contributed by atoms with E-state index in [0.717, 1.165) is 8.70 Å². The molecule has 0 N–H and O–H groups in total. The number of halogens is 1. The highest BCUT2D eigenvalue weighted by Crippen LogP contribution is 2.37. The second-order valence-corrected chi connectivity index (χ2v) is 6.42. The maximum Gasteiger partial charge on any atom is 0.251 e. The minimum absolute atomic E-state index is 0.497. The monoisotopic (exact) mass is 432 g/mol. The van der Waals surface area contributed by atoms with Crippen LogP contribution in [0.3, 0.4) is 0 Å². The van der Waals surface area contributed by atoms with Crippen LogP contribution in [0, 0.1) is 3.70 Å². The number of ether oxygens (including phenoxy) is 1. The lowest BCUT2D eigenvalue weighted by Crippen LogP contribution is -2.00. The highest BCUT2D eigenvalue weighted by molar-refractivity contribution is 14.1. The zero-order valence-corrected chi connectivity index (χ0v) is 14.6. The van der Waals surface area contributed by atoms with Gasteiger partial charge in [-0.15, -0.1) is 31.8 Å².